The normalized spacial score (nSPS) is 11.0. The van der Waals surface area contributed by atoms with Crippen LogP contribution in [0, 0.1) is 0 Å². The summed E-state index contributed by atoms with van der Waals surface area (Å²) in [5.74, 6) is 0.749. The standard InChI is InChI=1S/C20H18N4O4/c1-27-20-14(4-3-9-21-20)12-5-8-18(25)15(10-12)19-22-16-7-6-13(24(26)28-2)11-17(16)23-19/h3-11,25-26H,1-2H3,(H,22,23)/p-1. The first kappa shape index (κ1) is 17.8. The van der Waals surface area contributed by atoms with Crippen LogP contribution in [0.5, 0.6) is 11.6 Å². The molecule has 2 N–H and O–H groups in total. The molecule has 2 aromatic heterocycles. The third-order valence-corrected chi connectivity index (χ3v) is 4.37. The molecule has 0 atom stereocenters. The second kappa shape index (κ2) is 7.18. The van der Waals surface area contributed by atoms with Crippen LogP contribution in [0.4, 0.5) is 5.69 Å². The molecule has 0 spiro atoms. The van der Waals surface area contributed by atoms with Crippen molar-refractivity contribution < 1.29 is 19.9 Å². The summed E-state index contributed by atoms with van der Waals surface area (Å²) in [5, 5.41) is 22.8. The van der Waals surface area contributed by atoms with Crippen LogP contribution in [0.1, 0.15) is 0 Å². The zero-order chi connectivity index (χ0) is 19.7. The fourth-order valence-corrected chi connectivity index (χ4v) is 3.01. The predicted molar refractivity (Wildman–Crippen MR) is 102 cm³/mol. The third-order valence-electron chi connectivity index (χ3n) is 4.37. The minimum Gasteiger partial charge on any atom is -0.872 e. The van der Waals surface area contributed by atoms with Crippen molar-refractivity contribution in [2.24, 2.45) is 0 Å². The van der Waals surface area contributed by atoms with E-state index in [1.165, 1.54) is 13.2 Å². The molecule has 2 heterocycles. The molecule has 0 bridgehead atoms. The SMILES string of the molecule is COc1ncccc1-c1ccc([O-])c(-c2nc3ccc(N(O)OC)cc3[nH]2)c1. The predicted octanol–water partition coefficient (Wildman–Crippen LogP) is 3.13. The molecule has 0 saturated heterocycles. The van der Waals surface area contributed by atoms with Crippen LogP contribution in [0.3, 0.4) is 0 Å². The average Bonchev–Trinajstić information content (AvgIpc) is 3.16. The first-order valence-corrected chi connectivity index (χ1v) is 8.44. The molecule has 0 radical (unpaired) electrons. The fraction of sp³-hybridized carbons (Fsp3) is 0.100. The number of imidazole rings is 1. The second-order valence-corrected chi connectivity index (χ2v) is 6.01. The topological polar surface area (TPSA) is 107 Å². The maximum absolute atomic E-state index is 12.5. The van der Waals surface area contributed by atoms with Gasteiger partial charge in [-0.15, -0.1) is 5.23 Å². The van der Waals surface area contributed by atoms with Crippen LogP contribution in [-0.4, -0.2) is 34.4 Å². The Hall–Kier alpha value is -3.62. The zero-order valence-electron chi connectivity index (χ0n) is 15.2. The Balaban J connectivity index is 1.80. The second-order valence-electron chi connectivity index (χ2n) is 6.01. The van der Waals surface area contributed by atoms with Gasteiger partial charge in [-0.2, -0.15) is 0 Å². The lowest BCUT2D eigenvalue weighted by molar-refractivity contribution is -0.267. The molecule has 8 nitrogen and oxygen atoms in total. The Labute approximate surface area is 160 Å². The van der Waals surface area contributed by atoms with Gasteiger partial charge in [0.2, 0.25) is 5.88 Å². The van der Waals surface area contributed by atoms with Crippen molar-refractivity contribution in [2.45, 2.75) is 0 Å². The molecular weight excluding hydrogens is 360 g/mol. The number of aromatic amines is 1. The number of anilines is 1. The van der Waals surface area contributed by atoms with E-state index < -0.39 is 0 Å². The maximum atomic E-state index is 12.5. The highest BCUT2D eigenvalue weighted by molar-refractivity contribution is 5.84. The van der Waals surface area contributed by atoms with Gasteiger partial charge in [0.05, 0.1) is 30.9 Å². The van der Waals surface area contributed by atoms with Gasteiger partial charge in [-0.05, 0) is 42.0 Å². The number of hydrogen-bond donors (Lipinski definition) is 2. The Morgan fingerprint density at radius 2 is 1.93 bits per heavy atom. The monoisotopic (exact) mass is 377 g/mol. The van der Waals surface area contributed by atoms with Crippen molar-refractivity contribution in [1.82, 2.24) is 15.0 Å². The number of hydrogen-bond acceptors (Lipinski definition) is 7. The third kappa shape index (κ3) is 3.11. The van der Waals surface area contributed by atoms with Gasteiger partial charge in [-0.3, -0.25) is 10.0 Å². The largest absolute Gasteiger partial charge is 0.872 e. The van der Waals surface area contributed by atoms with Crippen LogP contribution in [0.2, 0.25) is 0 Å². The molecule has 28 heavy (non-hydrogen) atoms. The summed E-state index contributed by atoms with van der Waals surface area (Å²) in [7, 11) is 2.90. The van der Waals surface area contributed by atoms with Crippen LogP contribution in [-0.2, 0) is 4.84 Å². The summed E-state index contributed by atoms with van der Waals surface area (Å²) in [5.41, 5.74) is 3.75. The van der Waals surface area contributed by atoms with Crippen LogP contribution in [0.15, 0.2) is 54.7 Å². The van der Waals surface area contributed by atoms with Crippen molar-refractivity contribution in [3.63, 3.8) is 0 Å². The molecule has 0 unspecified atom stereocenters. The van der Waals surface area contributed by atoms with E-state index in [0.29, 0.717) is 39.2 Å². The molecule has 4 aromatic rings. The number of methoxy groups -OCH3 is 1. The highest BCUT2D eigenvalue weighted by Crippen LogP contribution is 2.35. The lowest BCUT2D eigenvalue weighted by Gasteiger charge is -2.14. The molecular formula is C20H17N4O4-. The molecule has 0 amide bonds. The van der Waals surface area contributed by atoms with Crippen molar-refractivity contribution in [3.05, 3.63) is 54.7 Å². The number of ether oxygens (including phenoxy) is 1. The average molecular weight is 377 g/mol. The number of fused-ring (bicyclic) bond motifs is 1. The molecule has 0 aliphatic carbocycles. The van der Waals surface area contributed by atoms with Crippen LogP contribution in [0.25, 0.3) is 33.5 Å². The van der Waals surface area contributed by atoms with E-state index in [9.17, 15) is 10.3 Å². The molecule has 0 aliphatic rings. The molecule has 0 aliphatic heterocycles. The molecule has 0 saturated carbocycles. The highest BCUT2D eigenvalue weighted by atomic mass is 16.9. The van der Waals surface area contributed by atoms with Gasteiger partial charge in [0.25, 0.3) is 0 Å². The maximum Gasteiger partial charge on any atom is 0.221 e. The number of rotatable bonds is 5. The number of pyridine rings is 1. The molecule has 4 rings (SSSR count). The first-order chi connectivity index (χ1) is 13.6. The zero-order valence-corrected chi connectivity index (χ0v) is 15.2. The van der Waals surface area contributed by atoms with Gasteiger partial charge >= 0.3 is 0 Å². The van der Waals surface area contributed by atoms with E-state index >= 15 is 0 Å². The van der Waals surface area contributed by atoms with Gasteiger partial charge in [0, 0.05) is 17.3 Å². The van der Waals surface area contributed by atoms with E-state index in [4.69, 9.17) is 9.57 Å². The lowest BCUT2D eigenvalue weighted by atomic mass is 10.0. The van der Waals surface area contributed by atoms with Gasteiger partial charge in [-0.1, -0.05) is 17.9 Å². The number of nitrogens with zero attached hydrogens (tertiary/aromatic N) is 3. The smallest absolute Gasteiger partial charge is 0.221 e. The first-order valence-electron chi connectivity index (χ1n) is 8.44. The van der Waals surface area contributed by atoms with E-state index in [0.717, 1.165) is 11.1 Å². The summed E-state index contributed by atoms with van der Waals surface area (Å²) in [6, 6.07) is 13.7. The van der Waals surface area contributed by atoms with Gasteiger partial charge in [0.15, 0.2) is 0 Å². The number of benzene rings is 2. The highest BCUT2D eigenvalue weighted by Gasteiger charge is 2.12. The summed E-state index contributed by atoms with van der Waals surface area (Å²) in [6.45, 7) is 0. The number of nitrogens with one attached hydrogen (secondary N) is 1. The fourth-order valence-electron chi connectivity index (χ4n) is 3.01. The van der Waals surface area contributed by atoms with Crippen molar-refractivity contribution in [3.8, 4) is 34.1 Å². The van der Waals surface area contributed by atoms with E-state index in [2.05, 4.69) is 15.0 Å². The van der Waals surface area contributed by atoms with E-state index in [1.54, 1.807) is 43.6 Å². The van der Waals surface area contributed by atoms with Gasteiger partial charge in [0.1, 0.15) is 5.82 Å². The van der Waals surface area contributed by atoms with Crippen LogP contribution < -0.4 is 15.1 Å². The van der Waals surface area contributed by atoms with Crippen molar-refractivity contribution in [2.75, 3.05) is 19.4 Å². The van der Waals surface area contributed by atoms with Gasteiger partial charge < -0.3 is 14.8 Å². The Morgan fingerprint density at radius 3 is 2.71 bits per heavy atom. The quantitative estimate of drug-likeness (QED) is 0.515. The van der Waals surface area contributed by atoms with Gasteiger partial charge in [-0.25, -0.2) is 9.97 Å². The van der Waals surface area contributed by atoms with Crippen molar-refractivity contribution in [1.29, 1.82) is 0 Å². The lowest BCUT2D eigenvalue weighted by Crippen LogP contribution is -2.15. The molecule has 142 valence electrons. The Bertz CT molecular complexity index is 1140. The van der Waals surface area contributed by atoms with Crippen molar-refractivity contribution >= 4 is 16.7 Å². The summed E-state index contributed by atoms with van der Waals surface area (Å²) in [4.78, 5) is 16.6. The summed E-state index contributed by atoms with van der Waals surface area (Å²) >= 11 is 0. The Morgan fingerprint density at radius 1 is 1.07 bits per heavy atom. The van der Waals surface area contributed by atoms with E-state index in [-0.39, 0.29) is 5.75 Å². The minimum absolute atomic E-state index is 0.161. The number of H-pyrrole nitrogens is 1. The molecule has 2 aromatic carbocycles. The minimum atomic E-state index is -0.161. The van der Waals surface area contributed by atoms with Crippen LogP contribution >= 0.6 is 0 Å². The number of aromatic nitrogens is 3. The van der Waals surface area contributed by atoms with E-state index in [1.807, 2.05) is 12.1 Å². The summed E-state index contributed by atoms with van der Waals surface area (Å²) < 4.78 is 5.32. The molecule has 8 heteroatoms. The molecule has 0 fully saturated rings. The summed E-state index contributed by atoms with van der Waals surface area (Å²) in [6.07, 6.45) is 1.65. The Kier molecular flexibility index (Phi) is 4.56.